The molecule has 2 heterocycles. The van der Waals surface area contributed by atoms with Crippen LogP contribution in [-0.2, 0) is 13.0 Å². The SMILES string of the molecule is CC(C)Cc1ncc(CNC(=O)N2CC[C@@H]([C@@H](C)O)C2)s1. The molecule has 21 heavy (non-hydrogen) atoms. The number of nitrogens with one attached hydrogen (secondary N) is 1. The lowest BCUT2D eigenvalue weighted by Crippen LogP contribution is -2.38. The van der Waals surface area contributed by atoms with Crippen molar-refractivity contribution in [3.05, 3.63) is 16.1 Å². The highest BCUT2D eigenvalue weighted by molar-refractivity contribution is 7.11. The lowest BCUT2D eigenvalue weighted by Gasteiger charge is -2.18. The van der Waals surface area contributed by atoms with E-state index in [-0.39, 0.29) is 18.1 Å². The second-order valence-electron chi connectivity index (χ2n) is 6.21. The molecule has 0 aliphatic carbocycles. The van der Waals surface area contributed by atoms with E-state index in [1.54, 1.807) is 23.2 Å². The van der Waals surface area contributed by atoms with Gasteiger partial charge in [0.2, 0.25) is 0 Å². The normalized spacial score (nSPS) is 20.0. The van der Waals surface area contributed by atoms with E-state index in [4.69, 9.17) is 0 Å². The van der Waals surface area contributed by atoms with Crippen LogP contribution in [0.15, 0.2) is 6.20 Å². The fourth-order valence-corrected chi connectivity index (χ4v) is 3.59. The molecule has 2 atom stereocenters. The summed E-state index contributed by atoms with van der Waals surface area (Å²) in [6.45, 7) is 8.04. The Bertz CT molecular complexity index is 473. The summed E-state index contributed by atoms with van der Waals surface area (Å²) < 4.78 is 0. The molecule has 0 bridgehead atoms. The summed E-state index contributed by atoms with van der Waals surface area (Å²) in [5.74, 6) is 0.803. The van der Waals surface area contributed by atoms with E-state index >= 15 is 0 Å². The van der Waals surface area contributed by atoms with E-state index in [2.05, 4.69) is 24.1 Å². The number of thiazole rings is 1. The number of likely N-dealkylation sites (tertiary alicyclic amines) is 1. The first-order valence-electron chi connectivity index (χ1n) is 7.60. The molecular weight excluding hydrogens is 286 g/mol. The summed E-state index contributed by atoms with van der Waals surface area (Å²) in [6, 6.07) is -0.0445. The first-order valence-corrected chi connectivity index (χ1v) is 8.41. The van der Waals surface area contributed by atoms with Gasteiger partial charge < -0.3 is 15.3 Å². The number of urea groups is 1. The average Bonchev–Trinajstić information content (AvgIpc) is 3.04. The molecule has 5 nitrogen and oxygen atoms in total. The molecule has 0 radical (unpaired) electrons. The van der Waals surface area contributed by atoms with Gasteiger partial charge in [0.05, 0.1) is 17.7 Å². The molecule has 118 valence electrons. The summed E-state index contributed by atoms with van der Waals surface area (Å²) in [5, 5.41) is 13.6. The van der Waals surface area contributed by atoms with Crippen molar-refractivity contribution in [2.45, 2.75) is 46.3 Å². The number of hydrogen-bond acceptors (Lipinski definition) is 4. The van der Waals surface area contributed by atoms with Crippen molar-refractivity contribution in [2.75, 3.05) is 13.1 Å². The smallest absolute Gasteiger partial charge is 0.317 e. The third-order valence-electron chi connectivity index (χ3n) is 3.79. The molecule has 0 aromatic carbocycles. The zero-order valence-corrected chi connectivity index (χ0v) is 13.8. The predicted octanol–water partition coefficient (Wildman–Crippen LogP) is 2.25. The van der Waals surface area contributed by atoms with Crippen molar-refractivity contribution in [1.82, 2.24) is 15.2 Å². The number of aliphatic hydroxyl groups is 1. The minimum Gasteiger partial charge on any atom is -0.393 e. The third kappa shape index (κ3) is 4.68. The number of nitrogens with zero attached hydrogens (tertiary/aromatic N) is 2. The van der Waals surface area contributed by atoms with Crippen LogP contribution in [-0.4, -0.2) is 40.2 Å². The summed E-state index contributed by atoms with van der Waals surface area (Å²) in [5.41, 5.74) is 0. The third-order valence-corrected chi connectivity index (χ3v) is 4.81. The number of rotatable bonds is 5. The molecule has 1 aliphatic heterocycles. The van der Waals surface area contributed by atoms with Gasteiger partial charge in [-0.2, -0.15) is 0 Å². The van der Waals surface area contributed by atoms with E-state index in [1.807, 2.05) is 6.20 Å². The Kier molecular flexibility index (Phi) is 5.58. The van der Waals surface area contributed by atoms with Crippen LogP contribution in [0.1, 0.15) is 37.1 Å². The van der Waals surface area contributed by atoms with E-state index in [9.17, 15) is 9.90 Å². The van der Waals surface area contributed by atoms with Gasteiger partial charge in [-0.3, -0.25) is 0 Å². The Morgan fingerprint density at radius 1 is 1.57 bits per heavy atom. The first kappa shape index (κ1) is 16.2. The quantitative estimate of drug-likeness (QED) is 0.876. The fourth-order valence-electron chi connectivity index (χ4n) is 2.51. The molecule has 6 heteroatoms. The molecule has 1 aliphatic rings. The Morgan fingerprint density at radius 3 is 2.95 bits per heavy atom. The molecule has 0 spiro atoms. The van der Waals surface area contributed by atoms with Crippen LogP contribution >= 0.6 is 11.3 Å². The molecule has 0 saturated carbocycles. The Balaban J connectivity index is 1.78. The zero-order valence-electron chi connectivity index (χ0n) is 13.0. The largest absolute Gasteiger partial charge is 0.393 e. The van der Waals surface area contributed by atoms with Crippen LogP contribution in [0.25, 0.3) is 0 Å². The maximum Gasteiger partial charge on any atom is 0.317 e. The molecule has 1 saturated heterocycles. The van der Waals surface area contributed by atoms with Crippen LogP contribution in [0.5, 0.6) is 0 Å². The van der Waals surface area contributed by atoms with E-state index < -0.39 is 0 Å². The van der Waals surface area contributed by atoms with Crippen LogP contribution in [0.2, 0.25) is 0 Å². The van der Waals surface area contributed by atoms with Crippen LogP contribution < -0.4 is 5.32 Å². The molecule has 1 aromatic rings. The summed E-state index contributed by atoms with van der Waals surface area (Å²) in [7, 11) is 0. The number of carbonyl (C=O) groups is 1. The van der Waals surface area contributed by atoms with Crippen LogP contribution in [0, 0.1) is 11.8 Å². The van der Waals surface area contributed by atoms with Crippen molar-refractivity contribution < 1.29 is 9.90 Å². The lowest BCUT2D eigenvalue weighted by atomic mass is 10.0. The highest BCUT2D eigenvalue weighted by Crippen LogP contribution is 2.20. The summed E-state index contributed by atoms with van der Waals surface area (Å²) >= 11 is 1.67. The van der Waals surface area contributed by atoms with Crippen LogP contribution in [0.3, 0.4) is 0 Å². The maximum atomic E-state index is 12.1. The number of aromatic nitrogens is 1. The van der Waals surface area contributed by atoms with Gasteiger partial charge in [0, 0.05) is 36.5 Å². The van der Waals surface area contributed by atoms with Gasteiger partial charge in [-0.15, -0.1) is 11.3 Å². The molecular formula is C15H25N3O2S. The molecule has 0 unspecified atom stereocenters. The lowest BCUT2D eigenvalue weighted by molar-refractivity contribution is 0.129. The topological polar surface area (TPSA) is 65.5 Å². The molecule has 2 N–H and O–H groups in total. The second kappa shape index (κ2) is 7.22. The number of aliphatic hydroxyl groups excluding tert-OH is 1. The molecule has 2 rings (SSSR count). The van der Waals surface area contributed by atoms with Gasteiger partial charge in [-0.1, -0.05) is 13.8 Å². The minimum atomic E-state index is -0.345. The fraction of sp³-hybridized carbons (Fsp3) is 0.733. The minimum absolute atomic E-state index is 0.0445. The monoisotopic (exact) mass is 311 g/mol. The van der Waals surface area contributed by atoms with Gasteiger partial charge >= 0.3 is 6.03 Å². The number of hydrogen-bond donors (Lipinski definition) is 2. The van der Waals surface area contributed by atoms with Crippen molar-refractivity contribution in [1.29, 1.82) is 0 Å². The predicted molar refractivity (Wildman–Crippen MR) is 84.3 cm³/mol. The molecule has 1 aromatic heterocycles. The van der Waals surface area contributed by atoms with Crippen molar-refractivity contribution in [3.63, 3.8) is 0 Å². The summed E-state index contributed by atoms with van der Waals surface area (Å²) in [6.07, 6.45) is 3.37. The maximum absolute atomic E-state index is 12.1. The van der Waals surface area contributed by atoms with Crippen molar-refractivity contribution in [3.8, 4) is 0 Å². The Hall–Kier alpha value is -1.14. The van der Waals surface area contributed by atoms with E-state index in [1.165, 1.54) is 0 Å². The van der Waals surface area contributed by atoms with Crippen molar-refractivity contribution >= 4 is 17.4 Å². The second-order valence-corrected chi connectivity index (χ2v) is 7.41. The van der Waals surface area contributed by atoms with Gasteiger partial charge in [0.1, 0.15) is 0 Å². The zero-order chi connectivity index (χ0) is 15.4. The Labute approximate surface area is 130 Å². The van der Waals surface area contributed by atoms with E-state index in [0.717, 1.165) is 29.3 Å². The summed E-state index contributed by atoms with van der Waals surface area (Å²) in [4.78, 5) is 19.3. The number of carbonyl (C=O) groups excluding carboxylic acids is 1. The molecule has 1 fully saturated rings. The van der Waals surface area contributed by atoms with Gasteiger partial charge in [0.25, 0.3) is 0 Å². The standard InChI is InChI=1S/C15H25N3O2S/c1-10(2)6-14-16-7-13(21-14)8-17-15(20)18-5-4-12(9-18)11(3)19/h7,10-12,19H,4-6,8-9H2,1-3H3,(H,17,20)/t11-,12-/m1/s1. The van der Waals surface area contributed by atoms with Gasteiger partial charge in [-0.05, 0) is 19.3 Å². The number of amides is 2. The highest BCUT2D eigenvalue weighted by atomic mass is 32.1. The molecule has 2 amide bonds. The van der Waals surface area contributed by atoms with E-state index in [0.29, 0.717) is 19.0 Å². The average molecular weight is 311 g/mol. The van der Waals surface area contributed by atoms with Gasteiger partial charge in [-0.25, -0.2) is 9.78 Å². The first-order chi connectivity index (χ1) is 9.95. The van der Waals surface area contributed by atoms with Crippen LogP contribution in [0.4, 0.5) is 4.79 Å². The van der Waals surface area contributed by atoms with Gasteiger partial charge in [0.15, 0.2) is 0 Å². The van der Waals surface area contributed by atoms with Crippen molar-refractivity contribution in [2.24, 2.45) is 11.8 Å². The highest BCUT2D eigenvalue weighted by Gasteiger charge is 2.28. The Morgan fingerprint density at radius 2 is 2.33 bits per heavy atom.